The summed E-state index contributed by atoms with van der Waals surface area (Å²) in [4.78, 5) is 29.9. The fourth-order valence-corrected chi connectivity index (χ4v) is 3.80. The Kier molecular flexibility index (Phi) is 6.88. The summed E-state index contributed by atoms with van der Waals surface area (Å²) in [5.41, 5.74) is 7.90. The first-order valence-electron chi connectivity index (χ1n) is 10.1. The highest BCUT2D eigenvalue weighted by molar-refractivity contribution is 5.97. The summed E-state index contributed by atoms with van der Waals surface area (Å²) in [5, 5.41) is 0. The van der Waals surface area contributed by atoms with Gasteiger partial charge in [-0.05, 0) is 50.1 Å². The number of nitrogens with zero attached hydrogens (tertiary/aromatic N) is 3. The number of likely N-dealkylation sites (tertiary alicyclic amines) is 1. The number of amides is 3. The molecule has 0 saturated carbocycles. The molecule has 29 heavy (non-hydrogen) atoms. The summed E-state index contributed by atoms with van der Waals surface area (Å²) >= 11 is 0. The maximum absolute atomic E-state index is 12.9. The van der Waals surface area contributed by atoms with Gasteiger partial charge in [-0.15, -0.1) is 0 Å². The number of hydrogen-bond donors (Lipinski definition) is 1. The van der Waals surface area contributed by atoms with Gasteiger partial charge in [0.2, 0.25) is 0 Å². The number of carbonyl (C=O) groups excluding carboxylic acids is 2. The van der Waals surface area contributed by atoms with Crippen LogP contribution in [0.4, 0.5) is 10.5 Å². The van der Waals surface area contributed by atoms with Crippen LogP contribution < -0.4 is 10.6 Å². The van der Waals surface area contributed by atoms with E-state index >= 15 is 0 Å². The molecule has 2 aromatic rings. The highest BCUT2D eigenvalue weighted by Crippen LogP contribution is 2.20. The Balaban J connectivity index is 1.53. The average Bonchev–Trinajstić information content (AvgIpc) is 2.77. The van der Waals surface area contributed by atoms with Gasteiger partial charge in [0, 0.05) is 44.0 Å². The molecule has 1 heterocycles. The van der Waals surface area contributed by atoms with E-state index in [0.29, 0.717) is 17.3 Å². The average molecular weight is 395 g/mol. The van der Waals surface area contributed by atoms with Crippen molar-refractivity contribution in [2.75, 3.05) is 38.6 Å². The molecule has 1 saturated heterocycles. The number of anilines is 1. The highest BCUT2D eigenvalue weighted by atomic mass is 16.2. The van der Waals surface area contributed by atoms with Crippen molar-refractivity contribution in [2.45, 2.75) is 25.3 Å². The normalized spacial score (nSPS) is 14.8. The Labute approximate surface area is 172 Å². The van der Waals surface area contributed by atoms with Gasteiger partial charge in [0.1, 0.15) is 0 Å². The van der Waals surface area contributed by atoms with Gasteiger partial charge in [-0.3, -0.25) is 9.69 Å². The van der Waals surface area contributed by atoms with Crippen LogP contribution in [0.1, 0.15) is 28.8 Å². The summed E-state index contributed by atoms with van der Waals surface area (Å²) in [6.07, 6.45) is 2.98. The number of piperidine rings is 1. The maximum atomic E-state index is 12.9. The lowest BCUT2D eigenvalue weighted by molar-refractivity contribution is 0.0647. The standard InChI is InChI=1S/C23H30N4O2/c1-25(14-11-18-7-4-3-5-8-18)20-12-15-27(16-13-20)22(28)19-9-6-10-21(17-19)26(2)23(24)29/h3-10,17,20H,11-16H2,1-2H3,(H2,24,29). The minimum atomic E-state index is -0.547. The molecule has 0 radical (unpaired) electrons. The highest BCUT2D eigenvalue weighted by Gasteiger charge is 2.26. The van der Waals surface area contributed by atoms with Crippen molar-refractivity contribution in [2.24, 2.45) is 5.73 Å². The van der Waals surface area contributed by atoms with Crippen LogP contribution in [0, 0.1) is 0 Å². The number of urea groups is 1. The second-order valence-electron chi connectivity index (χ2n) is 7.69. The molecule has 2 aromatic carbocycles. The van der Waals surface area contributed by atoms with Gasteiger partial charge < -0.3 is 15.5 Å². The number of nitrogens with two attached hydrogens (primary N) is 1. The van der Waals surface area contributed by atoms with Crippen molar-refractivity contribution in [1.29, 1.82) is 0 Å². The Morgan fingerprint density at radius 3 is 2.38 bits per heavy atom. The lowest BCUT2D eigenvalue weighted by Gasteiger charge is -2.37. The molecule has 1 aliphatic rings. The Bertz CT molecular complexity index is 832. The van der Waals surface area contributed by atoms with E-state index in [1.165, 1.54) is 10.5 Å². The summed E-state index contributed by atoms with van der Waals surface area (Å²) in [6.45, 7) is 2.51. The van der Waals surface area contributed by atoms with E-state index in [1.807, 2.05) is 11.0 Å². The van der Waals surface area contributed by atoms with E-state index in [9.17, 15) is 9.59 Å². The third-order valence-electron chi connectivity index (χ3n) is 5.78. The van der Waals surface area contributed by atoms with Gasteiger partial charge in [0.25, 0.3) is 5.91 Å². The molecule has 0 aromatic heterocycles. The van der Waals surface area contributed by atoms with E-state index < -0.39 is 6.03 Å². The summed E-state index contributed by atoms with van der Waals surface area (Å²) in [5.74, 6) is 0.00936. The molecule has 154 valence electrons. The second-order valence-corrected chi connectivity index (χ2v) is 7.69. The largest absolute Gasteiger partial charge is 0.351 e. The van der Waals surface area contributed by atoms with Crippen LogP contribution in [-0.2, 0) is 6.42 Å². The number of hydrogen-bond acceptors (Lipinski definition) is 3. The van der Waals surface area contributed by atoms with Crippen LogP contribution in [0.2, 0.25) is 0 Å². The van der Waals surface area contributed by atoms with Gasteiger partial charge >= 0.3 is 6.03 Å². The predicted molar refractivity (Wildman–Crippen MR) is 116 cm³/mol. The van der Waals surface area contributed by atoms with Crippen molar-refractivity contribution in [3.05, 3.63) is 65.7 Å². The summed E-state index contributed by atoms with van der Waals surface area (Å²) < 4.78 is 0. The molecule has 0 unspecified atom stereocenters. The number of carbonyl (C=O) groups is 2. The predicted octanol–water partition coefficient (Wildman–Crippen LogP) is 2.98. The fraction of sp³-hybridized carbons (Fsp3) is 0.391. The van der Waals surface area contributed by atoms with E-state index in [2.05, 4.69) is 36.2 Å². The zero-order valence-electron chi connectivity index (χ0n) is 17.3. The zero-order chi connectivity index (χ0) is 20.8. The third kappa shape index (κ3) is 5.35. The van der Waals surface area contributed by atoms with Crippen molar-refractivity contribution >= 4 is 17.6 Å². The quantitative estimate of drug-likeness (QED) is 0.819. The molecular weight excluding hydrogens is 364 g/mol. The van der Waals surface area contributed by atoms with Crippen LogP contribution in [0.15, 0.2) is 54.6 Å². The van der Waals surface area contributed by atoms with Crippen molar-refractivity contribution < 1.29 is 9.59 Å². The van der Waals surface area contributed by atoms with Gasteiger partial charge in [-0.2, -0.15) is 0 Å². The summed E-state index contributed by atoms with van der Waals surface area (Å²) in [6, 6.07) is 17.6. The lowest BCUT2D eigenvalue weighted by Crippen LogP contribution is -2.46. The van der Waals surface area contributed by atoms with Gasteiger partial charge in [0.05, 0.1) is 0 Å². The Morgan fingerprint density at radius 1 is 1.03 bits per heavy atom. The van der Waals surface area contributed by atoms with Gasteiger partial charge in [0.15, 0.2) is 0 Å². The van der Waals surface area contributed by atoms with Crippen LogP contribution in [0.25, 0.3) is 0 Å². The first-order chi connectivity index (χ1) is 14.0. The van der Waals surface area contributed by atoms with Crippen LogP contribution in [-0.4, -0.2) is 61.5 Å². The van der Waals surface area contributed by atoms with E-state index in [4.69, 9.17) is 5.73 Å². The molecular formula is C23H30N4O2. The van der Waals surface area contributed by atoms with Gasteiger partial charge in [-0.25, -0.2) is 4.79 Å². The van der Waals surface area contributed by atoms with Crippen molar-refractivity contribution in [3.8, 4) is 0 Å². The molecule has 3 amide bonds. The molecule has 1 aliphatic heterocycles. The molecule has 0 aliphatic carbocycles. The smallest absolute Gasteiger partial charge is 0.318 e. The summed E-state index contributed by atoms with van der Waals surface area (Å²) in [7, 11) is 3.77. The molecule has 6 nitrogen and oxygen atoms in total. The zero-order valence-corrected chi connectivity index (χ0v) is 17.3. The molecule has 3 rings (SSSR count). The molecule has 2 N–H and O–H groups in total. The van der Waals surface area contributed by atoms with E-state index in [-0.39, 0.29) is 5.91 Å². The van der Waals surface area contributed by atoms with E-state index in [1.54, 1.807) is 31.3 Å². The molecule has 6 heteroatoms. The fourth-order valence-electron chi connectivity index (χ4n) is 3.80. The molecule has 1 fully saturated rings. The first-order valence-corrected chi connectivity index (χ1v) is 10.1. The van der Waals surface area contributed by atoms with E-state index in [0.717, 1.165) is 38.9 Å². The minimum absolute atomic E-state index is 0.00936. The molecule has 0 bridgehead atoms. The van der Waals surface area contributed by atoms with Crippen LogP contribution in [0.5, 0.6) is 0 Å². The number of rotatable bonds is 6. The number of primary amides is 1. The molecule has 0 spiro atoms. The second kappa shape index (κ2) is 9.56. The Hall–Kier alpha value is -2.86. The van der Waals surface area contributed by atoms with Gasteiger partial charge in [-0.1, -0.05) is 36.4 Å². The topological polar surface area (TPSA) is 69.9 Å². The van der Waals surface area contributed by atoms with Crippen molar-refractivity contribution in [3.63, 3.8) is 0 Å². The molecule has 0 atom stereocenters. The number of likely N-dealkylation sites (N-methyl/N-ethyl adjacent to an activating group) is 1. The SMILES string of the molecule is CN(C(N)=O)c1cccc(C(=O)N2CCC(N(C)CCc3ccccc3)CC2)c1. The minimum Gasteiger partial charge on any atom is -0.351 e. The monoisotopic (exact) mass is 394 g/mol. The third-order valence-corrected chi connectivity index (χ3v) is 5.78. The maximum Gasteiger partial charge on any atom is 0.318 e. The number of benzene rings is 2. The lowest BCUT2D eigenvalue weighted by atomic mass is 10.0. The van der Waals surface area contributed by atoms with Crippen molar-refractivity contribution in [1.82, 2.24) is 9.80 Å². The Morgan fingerprint density at radius 2 is 1.72 bits per heavy atom. The van der Waals surface area contributed by atoms with Crippen LogP contribution >= 0.6 is 0 Å². The first kappa shape index (κ1) is 20.9. The van der Waals surface area contributed by atoms with Crippen LogP contribution in [0.3, 0.4) is 0 Å².